The number of ether oxygens (including phenoxy) is 1. The number of carbonyl (C=O) groups excluding carboxylic acids is 1. The highest BCUT2D eigenvalue weighted by molar-refractivity contribution is 5.97. The Hall–Kier alpha value is -1.58. The van der Waals surface area contributed by atoms with Crippen LogP contribution in [0.2, 0.25) is 0 Å². The second-order valence-corrected chi connectivity index (χ2v) is 5.13. The monoisotopic (exact) mass is 280 g/mol. The predicted molar refractivity (Wildman–Crippen MR) is 76.9 cm³/mol. The molecule has 0 aromatic carbocycles. The molecule has 1 fully saturated rings. The van der Waals surface area contributed by atoms with E-state index in [9.17, 15) is 4.79 Å². The van der Waals surface area contributed by atoms with Crippen LogP contribution in [0.1, 0.15) is 19.3 Å². The zero-order chi connectivity index (χ0) is 14.8. The SMILES string of the molecule is CN(C)CCCN/C=C(/C#N)C(=O)NCC1CCCO1. The lowest BCUT2D eigenvalue weighted by Crippen LogP contribution is -2.33. The minimum atomic E-state index is -0.344. The van der Waals surface area contributed by atoms with Crippen LogP contribution in [0.3, 0.4) is 0 Å². The summed E-state index contributed by atoms with van der Waals surface area (Å²) in [6.07, 6.45) is 4.54. The zero-order valence-electron chi connectivity index (χ0n) is 12.3. The van der Waals surface area contributed by atoms with Crippen LogP contribution in [0.5, 0.6) is 0 Å². The number of nitrogens with zero attached hydrogens (tertiary/aromatic N) is 2. The van der Waals surface area contributed by atoms with E-state index in [1.807, 2.05) is 20.2 Å². The number of rotatable bonds is 8. The van der Waals surface area contributed by atoms with E-state index in [1.165, 1.54) is 6.20 Å². The normalized spacial score (nSPS) is 18.9. The molecule has 1 saturated heterocycles. The summed E-state index contributed by atoms with van der Waals surface area (Å²) in [5.74, 6) is -0.344. The van der Waals surface area contributed by atoms with Crippen LogP contribution in [0.25, 0.3) is 0 Å². The van der Waals surface area contributed by atoms with Gasteiger partial charge in [-0.3, -0.25) is 4.79 Å². The third kappa shape index (κ3) is 6.55. The minimum absolute atomic E-state index is 0.0898. The molecule has 1 heterocycles. The fourth-order valence-corrected chi connectivity index (χ4v) is 1.93. The van der Waals surface area contributed by atoms with E-state index in [0.717, 1.165) is 39.0 Å². The first kappa shape index (κ1) is 16.5. The molecule has 1 aliphatic heterocycles. The van der Waals surface area contributed by atoms with Crippen molar-refractivity contribution < 1.29 is 9.53 Å². The van der Waals surface area contributed by atoms with Gasteiger partial charge in [-0.05, 0) is 39.9 Å². The molecule has 0 radical (unpaired) electrons. The fourth-order valence-electron chi connectivity index (χ4n) is 1.93. The van der Waals surface area contributed by atoms with Crippen molar-refractivity contribution in [3.63, 3.8) is 0 Å². The van der Waals surface area contributed by atoms with Gasteiger partial charge < -0.3 is 20.3 Å². The quantitative estimate of drug-likeness (QED) is 0.378. The van der Waals surface area contributed by atoms with Crippen LogP contribution < -0.4 is 10.6 Å². The molecule has 0 saturated carbocycles. The van der Waals surface area contributed by atoms with E-state index in [1.54, 1.807) is 0 Å². The van der Waals surface area contributed by atoms with Gasteiger partial charge in [-0.2, -0.15) is 5.26 Å². The van der Waals surface area contributed by atoms with E-state index in [4.69, 9.17) is 10.00 Å². The smallest absolute Gasteiger partial charge is 0.263 e. The van der Waals surface area contributed by atoms with Crippen molar-refractivity contribution in [3.05, 3.63) is 11.8 Å². The highest BCUT2D eigenvalue weighted by Crippen LogP contribution is 2.10. The van der Waals surface area contributed by atoms with E-state index in [0.29, 0.717) is 6.54 Å². The van der Waals surface area contributed by atoms with Gasteiger partial charge in [0.25, 0.3) is 5.91 Å². The molecule has 0 aliphatic carbocycles. The molecule has 1 atom stereocenters. The zero-order valence-corrected chi connectivity index (χ0v) is 12.3. The molecule has 2 N–H and O–H groups in total. The van der Waals surface area contributed by atoms with Crippen molar-refractivity contribution in [2.75, 3.05) is 40.3 Å². The number of carbonyl (C=O) groups is 1. The molecular formula is C14H24N4O2. The highest BCUT2D eigenvalue weighted by Gasteiger charge is 2.17. The van der Waals surface area contributed by atoms with E-state index in [-0.39, 0.29) is 17.6 Å². The molecule has 0 aromatic rings. The number of hydrogen-bond acceptors (Lipinski definition) is 5. The summed E-state index contributed by atoms with van der Waals surface area (Å²) in [4.78, 5) is 13.9. The van der Waals surface area contributed by atoms with Crippen molar-refractivity contribution >= 4 is 5.91 Å². The van der Waals surface area contributed by atoms with Gasteiger partial charge >= 0.3 is 0 Å². The van der Waals surface area contributed by atoms with Gasteiger partial charge in [0, 0.05) is 25.9 Å². The summed E-state index contributed by atoms with van der Waals surface area (Å²) >= 11 is 0. The van der Waals surface area contributed by atoms with Crippen LogP contribution >= 0.6 is 0 Å². The van der Waals surface area contributed by atoms with Crippen molar-refractivity contribution in [1.29, 1.82) is 5.26 Å². The third-order valence-electron chi connectivity index (χ3n) is 3.05. The summed E-state index contributed by atoms with van der Waals surface area (Å²) < 4.78 is 5.41. The van der Waals surface area contributed by atoms with Gasteiger partial charge in [-0.25, -0.2) is 0 Å². The average Bonchev–Trinajstić information content (AvgIpc) is 2.93. The standard InChI is InChI=1S/C14H24N4O2/c1-18(2)7-4-6-16-10-12(9-15)14(19)17-11-13-5-3-8-20-13/h10,13,16H,3-8,11H2,1-2H3,(H,17,19)/b12-10-. The van der Waals surface area contributed by atoms with E-state index in [2.05, 4.69) is 15.5 Å². The largest absolute Gasteiger partial charge is 0.390 e. The Balaban J connectivity index is 2.25. The van der Waals surface area contributed by atoms with Crippen molar-refractivity contribution in [1.82, 2.24) is 15.5 Å². The molecule has 1 aliphatic rings. The Kier molecular flexibility index (Phi) is 7.70. The predicted octanol–water partition coefficient (Wildman–Crippen LogP) is 0.230. The Bertz CT molecular complexity index is 368. The lowest BCUT2D eigenvalue weighted by Gasteiger charge is -2.11. The first-order chi connectivity index (χ1) is 9.63. The van der Waals surface area contributed by atoms with Crippen LogP contribution in [0.4, 0.5) is 0 Å². The molecule has 20 heavy (non-hydrogen) atoms. The number of nitrogens with one attached hydrogen (secondary N) is 2. The summed E-state index contributed by atoms with van der Waals surface area (Å²) in [6.45, 7) is 2.93. The first-order valence-corrected chi connectivity index (χ1v) is 7.01. The molecule has 1 rings (SSSR count). The van der Waals surface area contributed by atoms with Crippen LogP contribution in [-0.4, -0.2) is 57.2 Å². The molecule has 112 valence electrons. The van der Waals surface area contributed by atoms with Crippen LogP contribution in [0.15, 0.2) is 11.8 Å². The molecular weight excluding hydrogens is 256 g/mol. The van der Waals surface area contributed by atoms with Crippen molar-refractivity contribution in [2.24, 2.45) is 0 Å². The summed E-state index contributed by atoms with van der Waals surface area (Å²) in [7, 11) is 4.02. The van der Waals surface area contributed by atoms with Gasteiger partial charge in [-0.1, -0.05) is 0 Å². The number of hydrogen-bond donors (Lipinski definition) is 2. The minimum Gasteiger partial charge on any atom is -0.390 e. The van der Waals surface area contributed by atoms with Crippen molar-refractivity contribution in [2.45, 2.75) is 25.4 Å². The Morgan fingerprint density at radius 2 is 2.35 bits per heavy atom. The molecule has 0 spiro atoms. The molecule has 1 unspecified atom stereocenters. The number of amides is 1. The molecule has 1 amide bonds. The second-order valence-electron chi connectivity index (χ2n) is 5.13. The molecule has 0 bridgehead atoms. The molecule has 6 nitrogen and oxygen atoms in total. The first-order valence-electron chi connectivity index (χ1n) is 7.01. The van der Waals surface area contributed by atoms with Crippen molar-refractivity contribution in [3.8, 4) is 6.07 Å². The Morgan fingerprint density at radius 3 is 2.95 bits per heavy atom. The molecule has 6 heteroatoms. The Labute approximate surface area is 120 Å². The summed E-state index contributed by atoms with van der Waals surface area (Å²) in [5, 5.41) is 14.7. The highest BCUT2D eigenvalue weighted by atomic mass is 16.5. The summed E-state index contributed by atoms with van der Waals surface area (Å²) in [6, 6.07) is 1.91. The fraction of sp³-hybridized carbons (Fsp3) is 0.714. The van der Waals surface area contributed by atoms with E-state index >= 15 is 0 Å². The lowest BCUT2D eigenvalue weighted by atomic mass is 10.2. The topological polar surface area (TPSA) is 77.4 Å². The van der Waals surface area contributed by atoms with Gasteiger partial charge in [0.15, 0.2) is 0 Å². The van der Waals surface area contributed by atoms with Gasteiger partial charge in [-0.15, -0.1) is 0 Å². The van der Waals surface area contributed by atoms with E-state index < -0.39 is 0 Å². The van der Waals surface area contributed by atoms with Gasteiger partial charge in [0.05, 0.1) is 6.10 Å². The third-order valence-corrected chi connectivity index (χ3v) is 3.05. The molecule has 0 aromatic heterocycles. The maximum atomic E-state index is 11.8. The second kappa shape index (κ2) is 9.34. The lowest BCUT2D eigenvalue weighted by molar-refractivity contribution is -0.117. The van der Waals surface area contributed by atoms with Crippen LogP contribution in [-0.2, 0) is 9.53 Å². The summed E-state index contributed by atoms with van der Waals surface area (Å²) in [5.41, 5.74) is 0.104. The Morgan fingerprint density at radius 1 is 1.55 bits per heavy atom. The van der Waals surface area contributed by atoms with Crippen LogP contribution in [0, 0.1) is 11.3 Å². The maximum absolute atomic E-state index is 11.8. The van der Waals surface area contributed by atoms with Gasteiger partial charge in [0.1, 0.15) is 11.6 Å². The number of nitriles is 1. The average molecular weight is 280 g/mol. The van der Waals surface area contributed by atoms with Gasteiger partial charge in [0.2, 0.25) is 0 Å². The maximum Gasteiger partial charge on any atom is 0.263 e.